The highest BCUT2D eigenvalue weighted by Gasteiger charge is 2.26. The molecule has 1 rings (SSSR count). The second kappa shape index (κ2) is 10.8. The Balaban J connectivity index is 2.30. The van der Waals surface area contributed by atoms with E-state index in [0.29, 0.717) is 13.0 Å². The highest BCUT2D eigenvalue weighted by molar-refractivity contribution is 9.09. The third-order valence-electron chi connectivity index (χ3n) is 4.15. The van der Waals surface area contributed by atoms with Crippen molar-refractivity contribution < 1.29 is 19.1 Å². The van der Waals surface area contributed by atoms with E-state index in [4.69, 9.17) is 4.74 Å². The molecule has 1 aliphatic rings. The second-order valence-electron chi connectivity index (χ2n) is 7.57. The number of rotatable bonds is 9. The van der Waals surface area contributed by atoms with Crippen molar-refractivity contribution in [2.24, 2.45) is 5.92 Å². The van der Waals surface area contributed by atoms with Crippen molar-refractivity contribution in [1.29, 1.82) is 0 Å². The normalized spacial score (nSPS) is 16.3. The van der Waals surface area contributed by atoms with Crippen LogP contribution in [0.2, 0.25) is 0 Å². The van der Waals surface area contributed by atoms with Gasteiger partial charge in [0, 0.05) is 12.5 Å². The predicted octanol–water partition coefficient (Wildman–Crippen LogP) is 3.32. The minimum absolute atomic E-state index is 0.00341. The van der Waals surface area contributed by atoms with Gasteiger partial charge in [0.1, 0.15) is 5.60 Å². The first-order valence-electron chi connectivity index (χ1n) is 9.09. The number of Topliss-reactive ketones (excluding diaryl/α,β-unsaturated/α-hetero) is 1. The maximum atomic E-state index is 12.2. The molecule has 144 valence electrons. The SMILES string of the molecule is CC(C)(C)OC(=O)NCCCC[C@@H](NC(=O)C1CCCC1)C(=O)CBr. The van der Waals surface area contributed by atoms with Gasteiger partial charge in [0.15, 0.2) is 5.78 Å². The quantitative estimate of drug-likeness (QED) is 0.444. The van der Waals surface area contributed by atoms with E-state index < -0.39 is 17.7 Å². The molecule has 0 aromatic heterocycles. The van der Waals surface area contributed by atoms with Gasteiger partial charge in [0.2, 0.25) is 5.91 Å². The van der Waals surface area contributed by atoms with Crippen LogP contribution in [0.15, 0.2) is 0 Å². The van der Waals surface area contributed by atoms with Crippen LogP contribution in [0, 0.1) is 5.92 Å². The molecule has 0 aromatic carbocycles. The van der Waals surface area contributed by atoms with Gasteiger partial charge in [0.25, 0.3) is 0 Å². The molecule has 6 nitrogen and oxygen atoms in total. The zero-order valence-electron chi connectivity index (χ0n) is 15.5. The third-order valence-corrected chi connectivity index (χ3v) is 4.70. The summed E-state index contributed by atoms with van der Waals surface area (Å²) in [5.74, 6) is 0.0505. The van der Waals surface area contributed by atoms with Crippen LogP contribution < -0.4 is 10.6 Å². The Morgan fingerprint density at radius 2 is 1.80 bits per heavy atom. The number of halogens is 1. The second-order valence-corrected chi connectivity index (χ2v) is 8.13. The molecule has 0 spiro atoms. The van der Waals surface area contributed by atoms with E-state index in [1.807, 2.05) is 20.8 Å². The largest absolute Gasteiger partial charge is 0.444 e. The zero-order chi connectivity index (χ0) is 18.9. The minimum Gasteiger partial charge on any atom is -0.444 e. The molecule has 1 atom stereocenters. The number of hydrogen-bond donors (Lipinski definition) is 2. The summed E-state index contributed by atoms with van der Waals surface area (Å²) in [4.78, 5) is 35.8. The number of alkyl carbamates (subject to hydrolysis) is 1. The molecular formula is C18H31BrN2O4. The van der Waals surface area contributed by atoms with Crippen LogP contribution in [0.4, 0.5) is 4.79 Å². The number of carbonyl (C=O) groups is 3. The fourth-order valence-corrected chi connectivity index (χ4v) is 3.25. The van der Waals surface area contributed by atoms with Gasteiger partial charge in [-0.25, -0.2) is 4.79 Å². The van der Waals surface area contributed by atoms with Crippen molar-refractivity contribution >= 4 is 33.7 Å². The summed E-state index contributed by atoms with van der Waals surface area (Å²) in [7, 11) is 0. The van der Waals surface area contributed by atoms with E-state index in [1.54, 1.807) is 0 Å². The van der Waals surface area contributed by atoms with Gasteiger partial charge in [-0.05, 0) is 52.9 Å². The van der Waals surface area contributed by atoms with E-state index in [1.165, 1.54) is 0 Å². The summed E-state index contributed by atoms with van der Waals surface area (Å²) in [6.07, 6.45) is 5.63. The van der Waals surface area contributed by atoms with Gasteiger partial charge in [0.05, 0.1) is 11.4 Å². The molecule has 25 heavy (non-hydrogen) atoms. The number of ketones is 1. The van der Waals surface area contributed by atoms with Gasteiger partial charge in [-0.1, -0.05) is 28.8 Å². The molecule has 2 N–H and O–H groups in total. The highest BCUT2D eigenvalue weighted by Crippen LogP contribution is 2.25. The zero-order valence-corrected chi connectivity index (χ0v) is 17.1. The smallest absolute Gasteiger partial charge is 0.407 e. The topological polar surface area (TPSA) is 84.5 Å². The Morgan fingerprint density at radius 3 is 2.36 bits per heavy atom. The first-order valence-corrected chi connectivity index (χ1v) is 10.2. The molecule has 1 fully saturated rings. The lowest BCUT2D eigenvalue weighted by atomic mass is 10.0. The van der Waals surface area contributed by atoms with E-state index in [-0.39, 0.29) is 22.9 Å². The van der Waals surface area contributed by atoms with Crippen LogP contribution in [0.1, 0.15) is 65.7 Å². The Morgan fingerprint density at radius 1 is 1.16 bits per heavy atom. The van der Waals surface area contributed by atoms with Crippen molar-refractivity contribution in [1.82, 2.24) is 10.6 Å². The van der Waals surface area contributed by atoms with Crippen LogP contribution in [0.5, 0.6) is 0 Å². The maximum Gasteiger partial charge on any atom is 0.407 e. The lowest BCUT2D eigenvalue weighted by Crippen LogP contribution is -2.43. The van der Waals surface area contributed by atoms with Gasteiger partial charge < -0.3 is 15.4 Å². The lowest BCUT2D eigenvalue weighted by Gasteiger charge is -2.20. The van der Waals surface area contributed by atoms with E-state index in [0.717, 1.165) is 38.5 Å². The summed E-state index contributed by atoms with van der Waals surface area (Å²) in [5, 5.41) is 5.84. The van der Waals surface area contributed by atoms with Gasteiger partial charge in [-0.15, -0.1) is 0 Å². The standard InChI is InChI=1S/C18H31BrN2O4/c1-18(2,3)25-17(24)20-11-7-6-10-14(15(22)12-19)21-16(23)13-8-4-5-9-13/h13-14H,4-12H2,1-3H3,(H,20,24)(H,21,23)/t14-/m1/s1. The van der Waals surface area contributed by atoms with Crippen molar-refractivity contribution in [2.45, 2.75) is 77.4 Å². The van der Waals surface area contributed by atoms with E-state index in [2.05, 4.69) is 26.6 Å². The molecule has 0 aliphatic heterocycles. The predicted molar refractivity (Wildman–Crippen MR) is 101 cm³/mol. The number of ether oxygens (including phenoxy) is 1. The van der Waals surface area contributed by atoms with E-state index in [9.17, 15) is 14.4 Å². The molecule has 7 heteroatoms. The molecule has 1 aliphatic carbocycles. The third kappa shape index (κ3) is 9.23. The fourth-order valence-electron chi connectivity index (χ4n) is 2.86. The van der Waals surface area contributed by atoms with Crippen LogP contribution in [0.3, 0.4) is 0 Å². The Labute approximate surface area is 159 Å². The van der Waals surface area contributed by atoms with Crippen LogP contribution in [0.25, 0.3) is 0 Å². The van der Waals surface area contributed by atoms with Gasteiger partial charge >= 0.3 is 6.09 Å². The number of alkyl halides is 1. The molecule has 0 unspecified atom stereocenters. The van der Waals surface area contributed by atoms with Crippen LogP contribution >= 0.6 is 15.9 Å². The maximum absolute atomic E-state index is 12.2. The molecule has 0 bridgehead atoms. The number of amides is 2. The molecule has 0 heterocycles. The summed E-state index contributed by atoms with van der Waals surface area (Å²) < 4.78 is 5.16. The Kier molecular flexibility index (Phi) is 9.46. The average Bonchev–Trinajstić information content (AvgIpc) is 3.05. The van der Waals surface area contributed by atoms with Gasteiger partial charge in [-0.3, -0.25) is 9.59 Å². The lowest BCUT2D eigenvalue weighted by molar-refractivity contribution is -0.129. The van der Waals surface area contributed by atoms with Crippen molar-refractivity contribution in [2.75, 3.05) is 11.9 Å². The Bertz CT molecular complexity index is 456. The monoisotopic (exact) mass is 418 g/mol. The fraction of sp³-hybridized carbons (Fsp3) is 0.833. The molecule has 1 saturated carbocycles. The minimum atomic E-state index is -0.512. The van der Waals surface area contributed by atoms with Crippen molar-refractivity contribution in [3.63, 3.8) is 0 Å². The Hall–Kier alpha value is -1.11. The summed E-state index contributed by atoms with van der Waals surface area (Å²) in [5.41, 5.74) is -0.512. The summed E-state index contributed by atoms with van der Waals surface area (Å²) in [6.45, 7) is 5.93. The van der Waals surface area contributed by atoms with Gasteiger partial charge in [-0.2, -0.15) is 0 Å². The van der Waals surface area contributed by atoms with Crippen LogP contribution in [-0.4, -0.2) is 41.3 Å². The molecule has 0 aromatic rings. The first kappa shape index (κ1) is 21.9. The van der Waals surface area contributed by atoms with Crippen molar-refractivity contribution in [3.05, 3.63) is 0 Å². The molecule has 0 radical (unpaired) electrons. The molecule has 2 amide bonds. The number of nitrogens with one attached hydrogen (secondary N) is 2. The first-order chi connectivity index (χ1) is 11.7. The molecular weight excluding hydrogens is 388 g/mol. The molecule has 0 saturated heterocycles. The number of unbranched alkanes of at least 4 members (excludes halogenated alkanes) is 1. The summed E-state index contributed by atoms with van der Waals surface area (Å²) >= 11 is 3.18. The average molecular weight is 419 g/mol. The van der Waals surface area contributed by atoms with E-state index >= 15 is 0 Å². The number of carbonyl (C=O) groups excluding carboxylic acids is 3. The summed E-state index contributed by atoms with van der Waals surface area (Å²) in [6, 6.07) is -0.450. The van der Waals surface area contributed by atoms with Crippen molar-refractivity contribution in [3.8, 4) is 0 Å². The highest BCUT2D eigenvalue weighted by atomic mass is 79.9. The van der Waals surface area contributed by atoms with Crippen LogP contribution in [-0.2, 0) is 14.3 Å². The number of hydrogen-bond acceptors (Lipinski definition) is 4.